The Labute approximate surface area is 184 Å². The number of rotatable bonds is 7. The van der Waals surface area contributed by atoms with Crippen LogP contribution in [0.3, 0.4) is 0 Å². The lowest BCUT2D eigenvalue weighted by molar-refractivity contribution is 0.0665. The smallest absolute Gasteiger partial charge is 0.252 e. The van der Waals surface area contributed by atoms with Crippen LogP contribution in [0.5, 0.6) is 5.75 Å². The maximum atomic E-state index is 11.8. The SMILES string of the molecule is COc1c(Nc2cc(Cl)ncc2C(N)=O)cccc1-c1cnn([C@H]2COC[C@@H]2OC)c1. The molecule has 2 aromatic heterocycles. The Morgan fingerprint density at radius 1 is 1.29 bits per heavy atom. The number of anilines is 2. The van der Waals surface area contributed by atoms with Gasteiger partial charge in [0.2, 0.25) is 0 Å². The molecule has 2 atom stereocenters. The van der Waals surface area contributed by atoms with E-state index < -0.39 is 5.91 Å². The van der Waals surface area contributed by atoms with Crippen LogP contribution in [0.4, 0.5) is 11.4 Å². The molecule has 3 heterocycles. The number of hydrogen-bond acceptors (Lipinski definition) is 7. The number of hydrogen-bond donors (Lipinski definition) is 2. The van der Waals surface area contributed by atoms with Gasteiger partial charge in [-0.3, -0.25) is 9.48 Å². The number of amides is 1. The highest BCUT2D eigenvalue weighted by Crippen LogP contribution is 2.39. The van der Waals surface area contributed by atoms with Gasteiger partial charge in [-0.25, -0.2) is 4.98 Å². The molecule has 0 spiro atoms. The monoisotopic (exact) mass is 443 g/mol. The molecule has 10 heteroatoms. The molecule has 0 radical (unpaired) electrons. The van der Waals surface area contributed by atoms with Crippen LogP contribution in [0, 0.1) is 0 Å². The van der Waals surface area contributed by atoms with E-state index in [1.165, 1.54) is 12.3 Å². The van der Waals surface area contributed by atoms with Crippen LogP contribution in [0.15, 0.2) is 42.9 Å². The molecule has 1 aliphatic heterocycles. The summed E-state index contributed by atoms with van der Waals surface area (Å²) in [5.41, 5.74) is 8.45. The highest BCUT2D eigenvalue weighted by atomic mass is 35.5. The summed E-state index contributed by atoms with van der Waals surface area (Å²) in [6, 6.07) is 7.18. The third kappa shape index (κ3) is 4.20. The Bertz CT molecular complexity index is 1100. The standard InChI is InChI=1S/C21H22ClN5O4/c1-29-18-11-31-10-17(18)27-9-12(7-25-27)13-4-3-5-15(20(13)30-2)26-16-6-19(22)24-8-14(16)21(23)28/h3-9,17-18H,10-11H2,1-2H3,(H2,23,28)(H,24,26)/t17-,18-/m0/s1. The minimum atomic E-state index is -0.616. The molecule has 9 nitrogen and oxygen atoms in total. The van der Waals surface area contributed by atoms with Crippen molar-refractivity contribution >= 4 is 28.9 Å². The van der Waals surface area contributed by atoms with E-state index in [0.717, 1.165) is 11.1 Å². The van der Waals surface area contributed by atoms with E-state index >= 15 is 0 Å². The van der Waals surface area contributed by atoms with E-state index in [1.54, 1.807) is 20.4 Å². The number of benzene rings is 1. The lowest BCUT2D eigenvalue weighted by Crippen LogP contribution is -2.24. The van der Waals surface area contributed by atoms with Gasteiger partial charge in [0.15, 0.2) is 0 Å². The number of methoxy groups -OCH3 is 2. The number of carbonyl (C=O) groups excluding carboxylic acids is 1. The molecule has 4 rings (SSSR count). The first-order chi connectivity index (χ1) is 15.0. The average Bonchev–Trinajstić information content (AvgIpc) is 3.42. The summed E-state index contributed by atoms with van der Waals surface area (Å²) >= 11 is 6.01. The van der Waals surface area contributed by atoms with Gasteiger partial charge in [0.1, 0.15) is 23.0 Å². The number of para-hydroxylation sites is 1. The zero-order chi connectivity index (χ0) is 22.0. The van der Waals surface area contributed by atoms with Crippen LogP contribution in [0.25, 0.3) is 11.1 Å². The number of nitrogens with two attached hydrogens (primary N) is 1. The number of pyridine rings is 1. The van der Waals surface area contributed by atoms with Gasteiger partial charge in [-0.15, -0.1) is 0 Å². The van der Waals surface area contributed by atoms with Crippen molar-refractivity contribution in [1.82, 2.24) is 14.8 Å². The van der Waals surface area contributed by atoms with Crippen molar-refractivity contribution in [2.75, 3.05) is 32.8 Å². The van der Waals surface area contributed by atoms with E-state index in [-0.39, 0.29) is 22.9 Å². The molecule has 0 unspecified atom stereocenters. The maximum absolute atomic E-state index is 11.8. The van der Waals surface area contributed by atoms with Gasteiger partial charge in [0, 0.05) is 30.6 Å². The molecule has 1 saturated heterocycles. The van der Waals surface area contributed by atoms with E-state index in [9.17, 15) is 4.79 Å². The summed E-state index contributed by atoms with van der Waals surface area (Å²) in [6.07, 6.45) is 4.99. The number of carbonyl (C=O) groups is 1. The Balaban J connectivity index is 1.69. The summed E-state index contributed by atoms with van der Waals surface area (Å²) in [6.45, 7) is 1.08. The highest BCUT2D eigenvalue weighted by Gasteiger charge is 2.30. The van der Waals surface area contributed by atoms with E-state index in [0.29, 0.717) is 30.3 Å². The quantitative estimate of drug-likeness (QED) is 0.539. The number of nitrogens with one attached hydrogen (secondary N) is 1. The molecule has 1 amide bonds. The lowest BCUT2D eigenvalue weighted by atomic mass is 10.1. The minimum Gasteiger partial charge on any atom is -0.494 e. The largest absolute Gasteiger partial charge is 0.494 e. The molecule has 3 N–H and O–H groups in total. The van der Waals surface area contributed by atoms with Gasteiger partial charge >= 0.3 is 0 Å². The van der Waals surface area contributed by atoms with Crippen LogP contribution in [0.2, 0.25) is 5.15 Å². The Kier molecular flexibility index (Phi) is 6.08. The second-order valence-corrected chi connectivity index (χ2v) is 7.40. The topological polar surface area (TPSA) is 114 Å². The van der Waals surface area contributed by atoms with Gasteiger partial charge in [-0.1, -0.05) is 23.7 Å². The van der Waals surface area contributed by atoms with Crippen molar-refractivity contribution in [1.29, 1.82) is 0 Å². The molecule has 31 heavy (non-hydrogen) atoms. The maximum Gasteiger partial charge on any atom is 0.252 e. The fourth-order valence-corrected chi connectivity index (χ4v) is 3.77. The fourth-order valence-electron chi connectivity index (χ4n) is 3.61. The van der Waals surface area contributed by atoms with Crippen molar-refractivity contribution in [2.45, 2.75) is 12.1 Å². The van der Waals surface area contributed by atoms with Crippen molar-refractivity contribution in [2.24, 2.45) is 5.73 Å². The van der Waals surface area contributed by atoms with Crippen LogP contribution in [-0.2, 0) is 9.47 Å². The summed E-state index contributed by atoms with van der Waals surface area (Å²) < 4.78 is 18.6. The number of aromatic nitrogens is 3. The number of halogens is 1. The molecule has 162 valence electrons. The van der Waals surface area contributed by atoms with Gasteiger partial charge in [0.25, 0.3) is 5.91 Å². The first-order valence-corrected chi connectivity index (χ1v) is 9.94. The first kappa shape index (κ1) is 21.1. The van der Waals surface area contributed by atoms with Crippen molar-refractivity contribution < 1.29 is 19.0 Å². The predicted molar refractivity (Wildman–Crippen MR) is 116 cm³/mol. The number of primary amides is 1. The van der Waals surface area contributed by atoms with Crippen LogP contribution in [-0.4, -0.2) is 54.2 Å². The first-order valence-electron chi connectivity index (χ1n) is 9.56. The Morgan fingerprint density at radius 3 is 2.87 bits per heavy atom. The molecule has 1 aliphatic rings. The molecule has 3 aromatic rings. The zero-order valence-corrected chi connectivity index (χ0v) is 17.8. The van der Waals surface area contributed by atoms with Crippen LogP contribution in [0.1, 0.15) is 16.4 Å². The van der Waals surface area contributed by atoms with Crippen molar-refractivity contribution in [3.63, 3.8) is 0 Å². The second kappa shape index (κ2) is 8.93. The van der Waals surface area contributed by atoms with E-state index in [2.05, 4.69) is 15.4 Å². The van der Waals surface area contributed by atoms with E-state index in [1.807, 2.05) is 29.1 Å². The predicted octanol–water partition coefficient (Wildman–Crippen LogP) is 3.04. The number of nitrogens with zero attached hydrogens (tertiary/aromatic N) is 3. The molecular formula is C21H22ClN5O4. The molecule has 0 aliphatic carbocycles. The normalized spacial score (nSPS) is 18.2. The molecule has 1 aromatic carbocycles. The van der Waals surface area contributed by atoms with Crippen molar-refractivity contribution in [3.05, 3.63) is 53.6 Å². The van der Waals surface area contributed by atoms with Crippen LogP contribution < -0.4 is 15.8 Å². The summed E-state index contributed by atoms with van der Waals surface area (Å²) in [4.78, 5) is 15.7. The van der Waals surface area contributed by atoms with Gasteiger partial charge < -0.3 is 25.3 Å². The Morgan fingerprint density at radius 2 is 2.13 bits per heavy atom. The third-order valence-electron chi connectivity index (χ3n) is 5.18. The molecule has 1 fully saturated rings. The fraction of sp³-hybridized carbons (Fsp3) is 0.286. The van der Waals surface area contributed by atoms with Crippen LogP contribution >= 0.6 is 11.6 Å². The third-order valence-corrected chi connectivity index (χ3v) is 5.39. The summed E-state index contributed by atoms with van der Waals surface area (Å²) in [5, 5.41) is 7.92. The lowest BCUT2D eigenvalue weighted by Gasteiger charge is -2.17. The highest BCUT2D eigenvalue weighted by molar-refractivity contribution is 6.29. The molecule has 0 saturated carbocycles. The van der Waals surface area contributed by atoms with E-state index in [4.69, 9.17) is 31.5 Å². The zero-order valence-electron chi connectivity index (χ0n) is 17.0. The minimum absolute atomic E-state index is 0.00291. The number of ether oxygens (including phenoxy) is 3. The summed E-state index contributed by atoms with van der Waals surface area (Å²) in [7, 11) is 3.25. The van der Waals surface area contributed by atoms with Gasteiger partial charge in [0.05, 0.1) is 43.5 Å². The van der Waals surface area contributed by atoms with Gasteiger partial charge in [-0.2, -0.15) is 5.10 Å². The van der Waals surface area contributed by atoms with Crippen molar-refractivity contribution in [3.8, 4) is 16.9 Å². The summed E-state index contributed by atoms with van der Waals surface area (Å²) in [5.74, 6) is -0.0362. The average molecular weight is 444 g/mol. The van der Waals surface area contributed by atoms with Gasteiger partial charge in [-0.05, 0) is 12.1 Å². The molecular weight excluding hydrogens is 422 g/mol. The molecule has 0 bridgehead atoms. The second-order valence-electron chi connectivity index (χ2n) is 7.02. The Hall–Kier alpha value is -3.14.